The number of anilines is 1. The third-order valence-corrected chi connectivity index (χ3v) is 4.62. The number of hydrogen-bond acceptors (Lipinski definition) is 2. The minimum Gasteiger partial charge on any atom is -0.481 e. The molecule has 0 aromatic heterocycles. The number of carboxylic acids is 1. The fraction of sp³-hybridized carbons (Fsp3) is 0.429. The summed E-state index contributed by atoms with van der Waals surface area (Å²) in [6.07, 6.45) is 1.15. The molecule has 0 heterocycles. The summed E-state index contributed by atoms with van der Waals surface area (Å²) >= 11 is 8.21. The molecule has 4 nitrogen and oxygen atoms in total. The first kappa shape index (κ1) is 15.6. The molecule has 1 aromatic carbocycles. The van der Waals surface area contributed by atoms with Gasteiger partial charge in [0.05, 0.1) is 22.5 Å². The molecule has 0 radical (unpaired) electrons. The van der Waals surface area contributed by atoms with Crippen LogP contribution in [-0.2, 0) is 9.59 Å². The lowest BCUT2D eigenvalue weighted by Crippen LogP contribution is -2.30. The fourth-order valence-electron chi connectivity index (χ4n) is 2.67. The summed E-state index contributed by atoms with van der Waals surface area (Å²) in [5.74, 6) is -2.00. The minimum absolute atomic E-state index is 0.249. The Kier molecular flexibility index (Phi) is 4.90. The molecule has 0 spiro atoms. The third kappa shape index (κ3) is 3.44. The largest absolute Gasteiger partial charge is 0.481 e. The number of hydrogen-bond donors (Lipinski definition) is 2. The highest BCUT2D eigenvalue weighted by molar-refractivity contribution is 14.1. The number of benzene rings is 1. The van der Waals surface area contributed by atoms with Crippen molar-refractivity contribution in [2.24, 2.45) is 17.8 Å². The van der Waals surface area contributed by atoms with E-state index in [1.165, 1.54) is 0 Å². The van der Waals surface area contributed by atoms with Crippen molar-refractivity contribution in [1.82, 2.24) is 0 Å². The first-order valence-corrected chi connectivity index (χ1v) is 7.83. The number of carbonyl (C=O) groups is 2. The van der Waals surface area contributed by atoms with Crippen molar-refractivity contribution in [3.05, 3.63) is 26.8 Å². The molecule has 2 N–H and O–H groups in total. The van der Waals surface area contributed by atoms with Gasteiger partial charge in [-0.05, 0) is 59.5 Å². The van der Waals surface area contributed by atoms with E-state index >= 15 is 0 Å². The highest BCUT2D eigenvalue weighted by atomic mass is 127. The summed E-state index contributed by atoms with van der Waals surface area (Å²) in [4.78, 5) is 23.5. The zero-order valence-corrected chi connectivity index (χ0v) is 13.8. The Bertz CT molecular complexity index is 549. The number of rotatable bonds is 3. The van der Waals surface area contributed by atoms with Gasteiger partial charge in [-0.15, -0.1) is 0 Å². The summed E-state index contributed by atoms with van der Waals surface area (Å²) in [6, 6.07) is 5.33. The average molecular weight is 408 g/mol. The smallest absolute Gasteiger partial charge is 0.307 e. The number of aliphatic carboxylic acids is 1. The first-order chi connectivity index (χ1) is 9.38. The van der Waals surface area contributed by atoms with Crippen molar-refractivity contribution in [1.29, 1.82) is 0 Å². The van der Waals surface area contributed by atoms with Gasteiger partial charge in [0.25, 0.3) is 0 Å². The van der Waals surface area contributed by atoms with E-state index in [2.05, 4.69) is 27.9 Å². The van der Waals surface area contributed by atoms with Crippen LogP contribution >= 0.6 is 34.2 Å². The normalized spacial score (nSPS) is 25.4. The number of carboxylic acid groups (broad SMARTS) is 1. The molecule has 1 saturated carbocycles. The van der Waals surface area contributed by atoms with Crippen molar-refractivity contribution in [3.63, 3.8) is 0 Å². The van der Waals surface area contributed by atoms with Crippen LogP contribution in [0, 0.1) is 21.3 Å². The van der Waals surface area contributed by atoms with Crippen LogP contribution in [0.2, 0.25) is 5.02 Å². The lowest BCUT2D eigenvalue weighted by atomic mass is 9.95. The van der Waals surface area contributed by atoms with Crippen molar-refractivity contribution >= 4 is 51.8 Å². The quantitative estimate of drug-likeness (QED) is 0.752. The van der Waals surface area contributed by atoms with Crippen LogP contribution in [0.4, 0.5) is 5.69 Å². The van der Waals surface area contributed by atoms with Crippen LogP contribution in [0.1, 0.15) is 19.8 Å². The van der Waals surface area contributed by atoms with E-state index in [1.54, 1.807) is 12.1 Å². The van der Waals surface area contributed by atoms with Gasteiger partial charge in [0.15, 0.2) is 0 Å². The molecule has 0 bridgehead atoms. The van der Waals surface area contributed by atoms with Gasteiger partial charge in [0.1, 0.15) is 0 Å². The predicted octanol–water partition coefficient (Wildman–Crippen LogP) is 3.63. The maximum atomic E-state index is 12.3. The van der Waals surface area contributed by atoms with Gasteiger partial charge in [-0.1, -0.05) is 18.5 Å². The van der Waals surface area contributed by atoms with Crippen molar-refractivity contribution in [3.8, 4) is 0 Å². The Hall–Kier alpha value is -0.820. The van der Waals surface area contributed by atoms with Gasteiger partial charge >= 0.3 is 5.97 Å². The second-order valence-electron chi connectivity index (χ2n) is 5.24. The average Bonchev–Trinajstić information content (AvgIpc) is 2.75. The van der Waals surface area contributed by atoms with Gasteiger partial charge in [-0.2, -0.15) is 0 Å². The second-order valence-corrected chi connectivity index (χ2v) is 6.89. The molecule has 1 fully saturated rings. The Morgan fingerprint density at radius 3 is 2.60 bits per heavy atom. The Labute approximate surface area is 136 Å². The lowest BCUT2D eigenvalue weighted by molar-refractivity contribution is -0.145. The third-order valence-electron chi connectivity index (χ3n) is 3.64. The van der Waals surface area contributed by atoms with Gasteiger partial charge in [0, 0.05) is 3.57 Å². The van der Waals surface area contributed by atoms with E-state index in [0.29, 0.717) is 23.6 Å². The highest BCUT2D eigenvalue weighted by Crippen LogP contribution is 2.37. The van der Waals surface area contributed by atoms with Crippen LogP contribution in [0.25, 0.3) is 0 Å². The number of nitrogens with one attached hydrogen (secondary N) is 1. The van der Waals surface area contributed by atoms with Gasteiger partial charge in [0.2, 0.25) is 5.91 Å². The molecule has 1 unspecified atom stereocenters. The lowest BCUT2D eigenvalue weighted by Gasteiger charge is -2.16. The Balaban J connectivity index is 2.13. The number of amides is 1. The van der Waals surface area contributed by atoms with Crippen molar-refractivity contribution < 1.29 is 14.7 Å². The molecule has 0 saturated heterocycles. The van der Waals surface area contributed by atoms with Crippen LogP contribution in [0.3, 0.4) is 0 Å². The summed E-state index contributed by atoms with van der Waals surface area (Å²) < 4.78 is 0.975. The van der Waals surface area contributed by atoms with Gasteiger partial charge < -0.3 is 10.4 Å². The molecule has 0 aliphatic heterocycles. The van der Waals surface area contributed by atoms with E-state index in [9.17, 15) is 14.7 Å². The maximum Gasteiger partial charge on any atom is 0.307 e. The zero-order chi connectivity index (χ0) is 14.9. The van der Waals surface area contributed by atoms with Crippen molar-refractivity contribution in [2.45, 2.75) is 19.8 Å². The predicted molar refractivity (Wildman–Crippen MR) is 85.8 cm³/mol. The zero-order valence-electron chi connectivity index (χ0n) is 10.9. The SMILES string of the molecule is CC1C[C@H](C(=O)Nc2ccc(I)cc2Cl)[C@H](C(=O)O)C1. The van der Waals surface area contributed by atoms with Crippen LogP contribution in [0.15, 0.2) is 18.2 Å². The summed E-state index contributed by atoms with van der Waals surface area (Å²) in [7, 11) is 0. The Morgan fingerprint density at radius 1 is 1.35 bits per heavy atom. The van der Waals surface area contributed by atoms with Crippen LogP contribution < -0.4 is 5.32 Å². The minimum atomic E-state index is -0.900. The van der Waals surface area contributed by atoms with E-state index in [-0.39, 0.29) is 11.8 Å². The molecule has 20 heavy (non-hydrogen) atoms. The molecule has 3 atom stereocenters. The molecular weight excluding hydrogens is 393 g/mol. The number of halogens is 2. The molecule has 108 valence electrons. The molecule has 1 amide bonds. The molecular formula is C14H15ClINO3. The standard InChI is InChI=1S/C14H15ClINO3/c1-7-4-9(10(5-7)14(19)20)13(18)17-12-3-2-8(16)6-11(12)15/h2-3,6-7,9-10H,4-5H2,1H3,(H,17,18)(H,19,20)/t7?,9-,10+/m0/s1. The fourth-order valence-corrected chi connectivity index (χ4v) is 3.57. The van der Waals surface area contributed by atoms with E-state index < -0.39 is 17.8 Å². The van der Waals surface area contributed by atoms with Crippen LogP contribution in [-0.4, -0.2) is 17.0 Å². The van der Waals surface area contributed by atoms with E-state index in [1.807, 2.05) is 13.0 Å². The van der Waals surface area contributed by atoms with E-state index in [4.69, 9.17) is 11.6 Å². The molecule has 1 aliphatic rings. The number of carbonyl (C=O) groups excluding carboxylic acids is 1. The maximum absolute atomic E-state index is 12.3. The molecule has 2 rings (SSSR count). The molecule has 6 heteroatoms. The Morgan fingerprint density at radius 2 is 2.00 bits per heavy atom. The molecule has 1 aromatic rings. The second kappa shape index (κ2) is 6.30. The highest BCUT2D eigenvalue weighted by Gasteiger charge is 2.41. The summed E-state index contributed by atoms with van der Waals surface area (Å²) in [5, 5.41) is 12.4. The molecule has 1 aliphatic carbocycles. The summed E-state index contributed by atoms with van der Waals surface area (Å²) in [6.45, 7) is 1.97. The van der Waals surface area contributed by atoms with Crippen molar-refractivity contribution in [2.75, 3.05) is 5.32 Å². The van der Waals surface area contributed by atoms with Gasteiger partial charge in [-0.3, -0.25) is 9.59 Å². The van der Waals surface area contributed by atoms with Crippen LogP contribution in [0.5, 0.6) is 0 Å². The van der Waals surface area contributed by atoms with E-state index in [0.717, 1.165) is 3.57 Å². The monoisotopic (exact) mass is 407 g/mol. The summed E-state index contributed by atoms with van der Waals surface area (Å²) in [5.41, 5.74) is 0.528. The topological polar surface area (TPSA) is 66.4 Å². The first-order valence-electron chi connectivity index (χ1n) is 6.37. The van der Waals surface area contributed by atoms with Gasteiger partial charge in [-0.25, -0.2) is 0 Å².